The van der Waals surface area contributed by atoms with Crippen molar-refractivity contribution >= 4 is 11.8 Å². The fourth-order valence-corrected chi connectivity index (χ4v) is 3.32. The number of nitrogens with zero attached hydrogens (tertiary/aromatic N) is 2. The Labute approximate surface area is 133 Å². The van der Waals surface area contributed by atoms with E-state index in [1.807, 2.05) is 7.05 Å². The fraction of sp³-hybridized carbons (Fsp3) is 0.556. The van der Waals surface area contributed by atoms with Crippen LogP contribution in [0.5, 0.6) is 0 Å². The number of hydrogen-bond donors (Lipinski definition) is 2. The molecule has 22 heavy (non-hydrogen) atoms. The normalized spacial score (nSPS) is 29.3. The van der Waals surface area contributed by atoms with Crippen LogP contribution in [0.25, 0.3) is 0 Å². The molecule has 2 fully saturated rings. The largest absolute Gasteiger partial charge is 0.346 e. The molecule has 1 atom stereocenters. The Morgan fingerprint density at radius 1 is 1.14 bits per heavy atom. The molecule has 3 aliphatic rings. The minimum absolute atomic E-state index is 0.201. The molecule has 4 heteroatoms. The van der Waals surface area contributed by atoms with E-state index in [1.165, 1.54) is 37.7 Å². The molecule has 1 aliphatic heterocycles. The molecule has 0 amide bonds. The molecule has 1 saturated heterocycles. The zero-order chi connectivity index (χ0) is 15.2. The molecular formula is C18H26N4. The summed E-state index contributed by atoms with van der Waals surface area (Å²) in [4.78, 5) is 9.19. The average Bonchev–Trinajstić information content (AvgIpc) is 2.86. The molecule has 0 radical (unpaired) electrons. The lowest BCUT2D eigenvalue weighted by atomic mass is 9.89. The maximum absolute atomic E-state index is 4.82. The van der Waals surface area contributed by atoms with E-state index in [-0.39, 0.29) is 6.04 Å². The van der Waals surface area contributed by atoms with Gasteiger partial charge in [-0.1, -0.05) is 49.6 Å². The first-order chi connectivity index (χ1) is 10.8. The summed E-state index contributed by atoms with van der Waals surface area (Å²) in [5.41, 5.74) is 1.32. The molecular weight excluding hydrogens is 272 g/mol. The maximum Gasteiger partial charge on any atom is 0.197 e. The molecule has 2 aliphatic carbocycles. The van der Waals surface area contributed by atoms with Crippen molar-refractivity contribution in [2.45, 2.75) is 44.6 Å². The van der Waals surface area contributed by atoms with Gasteiger partial charge in [0.2, 0.25) is 0 Å². The topological polar surface area (TPSA) is 48.8 Å². The molecule has 2 N–H and O–H groups in total. The summed E-state index contributed by atoms with van der Waals surface area (Å²) in [6.45, 7) is 0.917. The molecule has 0 aromatic rings. The number of guanidine groups is 1. The van der Waals surface area contributed by atoms with Crippen molar-refractivity contribution in [3.63, 3.8) is 0 Å². The standard InChI is InChI=1S/C18H26N4/c1-19-17-12-15-10-6-3-7-11-16(15)21-18(22-17)20-13-14-8-4-2-5-9-14/h3,6-7,10-11,14,16H,2,4-5,8-9,12-13H2,1H3,(H2,19,20,21,22). The van der Waals surface area contributed by atoms with Crippen molar-refractivity contribution in [2.75, 3.05) is 13.6 Å². The zero-order valence-electron chi connectivity index (χ0n) is 13.4. The summed E-state index contributed by atoms with van der Waals surface area (Å²) >= 11 is 0. The highest BCUT2D eigenvalue weighted by Crippen LogP contribution is 2.23. The van der Waals surface area contributed by atoms with E-state index in [0.29, 0.717) is 0 Å². The van der Waals surface area contributed by atoms with Gasteiger partial charge in [-0.3, -0.25) is 9.98 Å². The van der Waals surface area contributed by atoms with E-state index in [9.17, 15) is 0 Å². The van der Waals surface area contributed by atoms with Crippen molar-refractivity contribution in [1.82, 2.24) is 10.6 Å². The van der Waals surface area contributed by atoms with Crippen LogP contribution in [0.1, 0.15) is 38.5 Å². The number of aliphatic imine (C=N–C) groups is 2. The molecule has 1 unspecified atom stereocenters. The van der Waals surface area contributed by atoms with E-state index in [4.69, 9.17) is 4.99 Å². The number of amidine groups is 1. The van der Waals surface area contributed by atoms with Crippen molar-refractivity contribution < 1.29 is 0 Å². The van der Waals surface area contributed by atoms with E-state index in [1.54, 1.807) is 0 Å². The van der Waals surface area contributed by atoms with Gasteiger partial charge >= 0.3 is 0 Å². The van der Waals surface area contributed by atoms with Gasteiger partial charge in [-0.2, -0.15) is 0 Å². The smallest absolute Gasteiger partial charge is 0.197 e. The van der Waals surface area contributed by atoms with Crippen LogP contribution in [0.3, 0.4) is 0 Å². The van der Waals surface area contributed by atoms with Gasteiger partial charge in [0.15, 0.2) is 5.96 Å². The summed E-state index contributed by atoms with van der Waals surface area (Å²) in [7, 11) is 1.84. The molecule has 0 bridgehead atoms. The number of allylic oxidation sites excluding steroid dienone is 4. The highest BCUT2D eigenvalue weighted by Gasteiger charge is 2.21. The summed E-state index contributed by atoms with van der Waals surface area (Å²) in [6, 6.07) is 0.201. The van der Waals surface area contributed by atoms with Gasteiger partial charge in [0, 0.05) is 20.0 Å². The highest BCUT2D eigenvalue weighted by atomic mass is 15.2. The van der Waals surface area contributed by atoms with E-state index in [0.717, 1.165) is 30.7 Å². The van der Waals surface area contributed by atoms with Crippen LogP contribution < -0.4 is 10.6 Å². The van der Waals surface area contributed by atoms with Gasteiger partial charge in [0.25, 0.3) is 0 Å². The Hall–Kier alpha value is -1.84. The Morgan fingerprint density at radius 3 is 2.82 bits per heavy atom. The lowest BCUT2D eigenvalue weighted by Crippen LogP contribution is -2.42. The third-order valence-corrected chi connectivity index (χ3v) is 4.66. The molecule has 118 valence electrons. The van der Waals surface area contributed by atoms with E-state index >= 15 is 0 Å². The quantitative estimate of drug-likeness (QED) is 0.823. The molecule has 0 spiro atoms. The average molecular weight is 298 g/mol. The van der Waals surface area contributed by atoms with Crippen molar-refractivity contribution in [3.05, 3.63) is 36.0 Å². The van der Waals surface area contributed by atoms with Gasteiger partial charge in [0.1, 0.15) is 5.84 Å². The van der Waals surface area contributed by atoms with Gasteiger partial charge in [-0.05, 0) is 24.3 Å². The second kappa shape index (κ2) is 7.43. The van der Waals surface area contributed by atoms with Crippen LogP contribution in [-0.4, -0.2) is 31.4 Å². The number of rotatable bonds is 2. The molecule has 1 heterocycles. The SMILES string of the molecule is CN=C1CC2=CC=CC=CC2NC(=NCC2CCCCC2)N1. The first-order valence-corrected chi connectivity index (χ1v) is 8.43. The fourth-order valence-electron chi connectivity index (χ4n) is 3.32. The third-order valence-electron chi connectivity index (χ3n) is 4.66. The summed E-state index contributed by atoms with van der Waals surface area (Å²) in [6.07, 6.45) is 18.2. The summed E-state index contributed by atoms with van der Waals surface area (Å²) in [5, 5.41) is 6.90. The summed E-state index contributed by atoms with van der Waals surface area (Å²) < 4.78 is 0. The van der Waals surface area contributed by atoms with Crippen molar-refractivity contribution in [2.24, 2.45) is 15.9 Å². The first kappa shape index (κ1) is 15.1. The van der Waals surface area contributed by atoms with E-state index in [2.05, 4.69) is 46.0 Å². The molecule has 0 aromatic heterocycles. The number of fused-ring (bicyclic) bond motifs is 1. The zero-order valence-corrected chi connectivity index (χ0v) is 13.4. The predicted octanol–water partition coefficient (Wildman–Crippen LogP) is 2.95. The predicted molar refractivity (Wildman–Crippen MR) is 93.3 cm³/mol. The summed E-state index contributed by atoms with van der Waals surface area (Å²) in [5.74, 6) is 2.59. The van der Waals surface area contributed by atoms with Crippen LogP contribution >= 0.6 is 0 Å². The van der Waals surface area contributed by atoms with Crippen molar-refractivity contribution in [3.8, 4) is 0 Å². The second-order valence-electron chi connectivity index (χ2n) is 6.30. The van der Waals surface area contributed by atoms with Crippen molar-refractivity contribution in [1.29, 1.82) is 0 Å². The third kappa shape index (κ3) is 3.87. The Morgan fingerprint density at radius 2 is 2.00 bits per heavy atom. The van der Waals surface area contributed by atoms with Crippen LogP contribution in [0, 0.1) is 5.92 Å². The minimum atomic E-state index is 0.201. The van der Waals surface area contributed by atoms with Crippen LogP contribution in [0.15, 0.2) is 45.9 Å². The second-order valence-corrected chi connectivity index (χ2v) is 6.30. The minimum Gasteiger partial charge on any atom is -0.346 e. The van der Waals surface area contributed by atoms with Gasteiger partial charge in [-0.25, -0.2) is 0 Å². The lowest BCUT2D eigenvalue weighted by Gasteiger charge is -2.20. The monoisotopic (exact) mass is 298 g/mol. The van der Waals surface area contributed by atoms with Crippen LogP contribution in [0.2, 0.25) is 0 Å². The Bertz CT molecular complexity index is 533. The Balaban J connectivity index is 1.73. The highest BCUT2D eigenvalue weighted by molar-refractivity contribution is 6.02. The first-order valence-electron chi connectivity index (χ1n) is 8.43. The molecule has 4 nitrogen and oxygen atoms in total. The van der Waals surface area contributed by atoms with Gasteiger partial charge < -0.3 is 10.6 Å². The molecule has 1 saturated carbocycles. The Kier molecular flexibility index (Phi) is 5.09. The van der Waals surface area contributed by atoms with Gasteiger partial charge in [-0.15, -0.1) is 0 Å². The van der Waals surface area contributed by atoms with E-state index < -0.39 is 0 Å². The van der Waals surface area contributed by atoms with Gasteiger partial charge in [0.05, 0.1) is 6.04 Å². The molecule has 0 aromatic carbocycles. The lowest BCUT2D eigenvalue weighted by molar-refractivity contribution is 0.366. The number of hydrogen-bond acceptors (Lipinski definition) is 2. The van der Waals surface area contributed by atoms with Crippen LogP contribution in [0.4, 0.5) is 0 Å². The molecule has 3 rings (SSSR count). The van der Waals surface area contributed by atoms with Crippen LogP contribution in [-0.2, 0) is 0 Å². The maximum atomic E-state index is 4.82. The number of nitrogens with one attached hydrogen (secondary N) is 2.